The highest BCUT2D eigenvalue weighted by atomic mass is 35.5. The number of hydrogen-bond donors (Lipinski definition) is 1. The summed E-state index contributed by atoms with van der Waals surface area (Å²) in [6.45, 7) is 2.21. The number of nitrogens with zero attached hydrogens (tertiary/aromatic N) is 1. The molecule has 1 N–H and O–H groups in total. The van der Waals surface area contributed by atoms with Gasteiger partial charge in [0.05, 0.1) is 10.7 Å². The van der Waals surface area contributed by atoms with Crippen LogP contribution in [-0.2, 0) is 4.79 Å². The number of rotatable bonds is 5. The highest BCUT2D eigenvalue weighted by Crippen LogP contribution is 2.21. The maximum absolute atomic E-state index is 11.2. The normalized spacial score (nSPS) is 14.8. The van der Waals surface area contributed by atoms with Crippen LogP contribution in [0, 0.1) is 0 Å². The predicted octanol–water partition coefficient (Wildman–Crippen LogP) is 5.64. The number of unbranched alkanes of at least 4 members (excludes halogenated alkanes) is 1. The van der Waals surface area contributed by atoms with Crippen LogP contribution in [0.3, 0.4) is 0 Å². The van der Waals surface area contributed by atoms with Crippen molar-refractivity contribution < 1.29 is 9.59 Å². The molecule has 136 valence electrons. The lowest BCUT2D eigenvalue weighted by Gasteiger charge is -1.96. The Morgan fingerprint density at radius 1 is 1.19 bits per heavy atom. The van der Waals surface area contributed by atoms with E-state index in [0.29, 0.717) is 22.5 Å². The first-order valence-electron chi connectivity index (χ1n) is 8.12. The van der Waals surface area contributed by atoms with Gasteiger partial charge in [-0.15, -0.1) is 11.8 Å². The summed E-state index contributed by atoms with van der Waals surface area (Å²) >= 11 is 8.22. The highest BCUT2D eigenvalue weighted by molar-refractivity contribution is 8.27. The molecule has 0 atom stereocenters. The van der Waals surface area contributed by atoms with E-state index < -0.39 is 0 Å². The minimum absolute atomic E-state index is 0.255. The molecule has 1 fully saturated rings. The topological polar surface area (TPSA) is 59.1 Å². The Labute approximate surface area is 166 Å². The average molecular weight is 407 g/mol. The highest BCUT2D eigenvalue weighted by Gasteiger charge is 2.24. The molecule has 1 amide bonds. The van der Waals surface area contributed by atoms with Crippen LogP contribution in [0.5, 0.6) is 0 Å². The molecule has 2 heterocycles. The summed E-state index contributed by atoms with van der Waals surface area (Å²) in [5.74, 6) is 1.19. The van der Waals surface area contributed by atoms with Crippen LogP contribution in [0.1, 0.15) is 25.3 Å². The van der Waals surface area contributed by atoms with Gasteiger partial charge in [0.2, 0.25) is 5.12 Å². The van der Waals surface area contributed by atoms with Crippen LogP contribution < -0.4 is 5.32 Å². The van der Waals surface area contributed by atoms with E-state index in [-0.39, 0.29) is 10.4 Å². The van der Waals surface area contributed by atoms with Crippen molar-refractivity contribution in [2.75, 3.05) is 5.75 Å². The molecular weight excluding hydrogens is 388 g/mol. The molecule has 0 saturated carbocycles. The SMILES string of the molecule is CCCCSc1ccccn1.O=C1NC(=Cc2ccc(Cl)cc2)C(=O)S1. The molecule has 1 aliphatic rings. The maximum atomic E-state index is 11.2. The van der Waals surface area contributed by atoms with Crippen molar-refractivity contribution in [2.24, 2.45) is 0 Å². The molecule has 1 aromatic heterocycles. The molecule has 1 saturated heterocycles. The van der Waals surface area contributed by atoms with Gasteiger partial charge in [0.1, 0.15) is 0 Å². The number of pyridine rings is 1. The van der Waals surface area contributed by atoms with Gasteiger partial charge in [0.15, 0.2) is 0 Å². The van der Waals surface area contributed by atoms with Crippen molar-refractivity contribution >= 4 is 51.6 Å². The maximum Gasteiger partial charge on any atom is 0.291 e. The molecule has 26 heavy (non-hydrogen) atoms. The number of aromatic nitrogens is 1. The Bertz CT molecular complexity index is 765. The van der Waals surface area contributed by atoms with E-state index >= 15 is 0 Å². The summed E-state index contributed by atoms with van der Waals surface area (Å²) in [6, 6.07) is 13.0. The summed E-state index contributed by atoms with van der Waals surface area (Å²) in [5.41, 5.74) is 1.14. The fourth-order valence-electron chi connectivity index (χ4n) is 1.90. The number of thioether (sulfide) groups is 2. The molecule has 0 bridgehead atoms. The van der Waals surface area contributed by atoms with Crippen LogP contribution in [0.25, 0.3) is 6.08 Å². The Hall–Kier alpha value is -1.76. The smallest absolute Gasteiger partial charge is 0.291 e. The van der Waals surface area contributed by atoms with Gasteiger partial charge in [-0.1, -0.05) is 43.1 Å². The minimum Gasteiger partial charge on any atom is -0.313 e. The first-order valence-corrected chi connectivity index (χ1v) is 10.3. The summed E-state index contributed by atoms with van der Waals surface area (Å²) in [7, 11) is 0. The van der Waals surface area contributed by atoms with Crippen molar-refractivity contribution in [2.45, 2.75) is 24.8 Å². The van der Waals surface area contributed by atoms with Crippen LogP contribution in [0.2, 0.25) is 5.02 Å². The van der Waals surface area contributed by atoms with Crippen molar-refractivity contribution in [1.29, 1.82) is 0 Å². The van der Waals surface area contributed by atoms with E-state index in [1.165, 1.54) is 18.6 Å². The molecule has 0 spiro atoms. The van der Waals surface area contributed by atoms with Crippen molar-refractivity contribution in [3.8, 4) is 0 Å². The number of carbonyl (C=O) groups excluding carboxylic acids is 2. The summed E-state index contributed by atoms with van der Waals surface area (Å²) < 4.78 is 0. The second-order valence-electron chi connectivity index (χ2n) is 5.28. The zero-order chi connectivity index (χ0) is 18.8. The Morgan fingerprint density at radius 3 is 2.54 bits per heavy atom. The molecule has 3 rings (SSSR count). The molecule has 0 unspecified atom stereocenters. The molecule has 0 radical (unpaired) electrons. The molecular formula is C19H19ClN2O2S2. The third-order valence-corrected chi connectivity index (χ3v) is 5.18. The first-order chi connectivity index (χ1) is 12.6. The Kier molecular flexibility index (Phi) is 8.74. The quantitative estimate of drug-likeness (QED) is 0.395. The first kappa shape index (κ1) is 20.6. The van der Waals surface area contributed by atoms with Crippen LogP contribution in [0.15, 0.2) is 59.4 Å². The molecule has 1 aromatic carbocycles. The monoisotopic (exact) mass is 406 g/mol. The fourth-order valence-corrected chi connectivity index (χ4v) is 3.53. The van der Waals surface area contributed by atoms with Gasteiger partial charge in [-0.05, 0) is 48.1 Å². The van der Waals surface area contributed by atoms with Crippen LogP contribution >= 0.6 is 35.1 Å². The molecule has 1 aliphatic heterocycles. The van der Waals surface area contributed by atoms with Gasteiger partial charge >= 0.3 is 0 Å². The lowest BCUT2D eigenvalue weighted by atomic mass is 10.2. The van der Waals surface area contributed by atoms with E-state index in [1.807, 2.05) is 30.1 Å². The van der Waals surface area contributed by atoms with Gasteiger partial charge < -0.3 is 5.32 Å². The zero-order valence-electron chi connectivity index (χ0n) is 14.3. The van der Waals surface area contributed by atoms with Gasteiger partial charge in [0, 0.05) is 23.0 Å². The molecule has 7 heteroatoms. The number of hydrogen-bond acceptors (Lipinski definition) is 5. The summed E-state index contributed by atoms with van der Waals surface area (Å²) in [5, 5.41) is 3.65. The molecule has 0 aliphatic carbocycles. The number of carbonyl (C=O) groups is 2. The van der Waals surface area contributed by atoms with E-state index in [0.717, 1.165) is 10.6 Å². The second-order valence-corrected chi connectivity index (χ2v) is 7.78. The molecule has 4 nitrogen and oxygen atoms in total. The van der Waals surface area contributed by atoms with E-state index in [9.17, 15) is 9.59 Å². The van der Waals surface area contributed by atoms with Crippen molar-refractivity contribution in [3.63, 3.8) is 0 Å². The zero-order valence-corrected chi connectivity index (χ0v) is 16.7. The standard InChI is InChI=1S/C10H6ClNO2S.C9H13NS/c11-7-3-1-6(2-4-7)5-8-9(13)15-10(14)12-8;1-2-3-8-11-9-6-4-5-7-10-9/h1-5H,(H,12,14);4-7H,2-3,8H2,1H3. The largest absolute Gasteiger partial charge is 0.313 e. The second kappa shape index (κ2) is 11.1. The summed E-state index contributed by atoms with van der Waals surface area (Å²) in [6.07, 6.45) is 6.01. The van der Waals surface area contributed by atoms with Crippen molar-refractivity contribution in [3.05, 3.63) is 64.9 Å². The number of amides is 1. The third-order valence-electron chi connectivity index (χ3n) is 3.21. The van der Waals surface area contributed by atoms with Gasteiger partial charge in [-0.2, -0.15) is 0 Å². The Balaban J connectivity index is 0.000000197. The van der Waals surface area contributed by atoms with E-state index in [4.69, 9.17) is 11.6 Å². The number of halogens is 1. The lowest BCUT2D eigenvalue weighted by molar-refractivity contribution is -0.107. The predicted molar refractivity (Wildman–Crippen MR) is 110 cm³/mol. The minimum atomic E-state index is -0.333. The number of benzene rings is 1. The summed E-state index contributed by atoms with van der Waals surface area (Å²) in [4.78, 5) is 26.3. The van der Waals surface area contributed by atoms with Gasteiger partial charge in [0.25, 0.3) is 5.24 Å². The number of nitrogens with one attached hydrogen (secondary N) is 1. The average Bonchev–Trinajstić information content (AvgIpc) is 2.96. The van der Waals surface area contributed by atoms with Gasteiger partial charge in [-0.3, -0.25) is 9.59 Å². The van der Waals surface area contributed by atoms with Gasteiger partial charge in [-0.25, -0.2) is 4.98 Å². The van der Waals surface area contributed by atoms with Crippen LogP contribution in [-0.4, -0.2) is 21.1 Å². The van der Waals surface area contributed by atoms with Crippen LogP contribution in [0.4, 0.5) is 4.79 Å². The fraction of sp³-hybridized carbons (Fsp3) is 0.211. The Morgan fingerprint density at radius 2 is 1.96 bits per heavy atom. The van der Waals surface area contributed by atoms with E-state index in [1.54, 1.807) is 30.3 Å². The third kappa shape index (κ3) is 7.23. The van der Waals surface area contributed by atoms with Crippen molar-refractivity contribution in [1.82, 2.24) is 10.3 Å². The lowest BCUT2D eigenvalue weighted by Crippen LogP contribution is -2.10. The molecule has 2 aromatic rings. The van der Waals surface area contributed by atoms with E-state index in [2.05, 4.69) is 23.3 Å².